The first-order chi connectivity index (χ1) is 10.8. The maximum atomic E-state index is 13.5. The average molecular weight is 326 g/mol. The smallest absolute Gasteiger partial charge is 0.372 e. The van der Waals surface area contributed by atoms with Gasteiger partial charge in [0.25, 0.3) is 0 Å². The van der Waals surface area contributed by atoms with Crippen LogP contribution in [0.3, 0.4) is 0 Å². The molecule has 0 bridgehead atoms. The number of anilines is 2. The molecular weight excluding hydrogens is 309 g/mol. The lowest BCUT2D eigenvalue weighted by Gasteiger charge is -2.16. The molecule has 124 valence electrons. The molecule has 23 heavy (non-hydrogen) atoms. The molecule has 2 aromatic rings. The van der Waals surface area contributed by atoms with Crippen LogP contribution < -0.4 is 11.1 Å². The van der Waals surface area contributed by atoms with Gasteiger partial charge in [-0.15, -0.1) is 0 Å². The first-order valence-electron chi connectivity index (χ1n) is 7.26. The summed E-state index contributed by atoms with van der Waals surface area (Å²) in [5.41, 5.74) is 5.37. The van der Waals surface area contributed by atoms with Gasteiger partial charge in [-0.2, -0.15) is 23.3 Å². The topological polar surface area (TPSA) is 81.7 Å². The minimum Gasteiger partial charge on any atom is -0.372 e. The highest BCUT2D eigenvalue weighted by Gasteiger charge is 2.39. The maximum absolute atomic E-state index is 13.5. The number of aromatic nitrogens is 4. The van der Waals surface area contributed by atoms with E-state index in [1.54, 1.807) is 11.6 Å². The van der Waals surface area contributed by atoms with E-state index < -0.39 is 11.7 Å². The second-order valence-electron chi connectivity index (χ2n) is 5.67. The summed E-state index contributed by atoms with van der Waals surface area (Å²) in [7, 11) is 1.37. The van der Waals surface area contributed by atoms with Gasteiger partial charge in [-0.25, -0.2) is 4.98 Å². The van der Waals surface area contributed by atoms with Crippen LogP contribution >= 0.6 is 0 Å². The van der Waals surface area contributed by atoms with Crippen LogP contribution in [0.2, 0.25) is 0 Å². The Morgan fingerprint density at radius 2 is 2.04 bits per heavy atom. The second kappa shape index (κ2) is 5.39. The number of alkyl halides is 3. The van der Waals surface area contributed by atoms with Crippen molar-refractivity contribution in [3.63, 3.8) is 0 Å². The molecular formula is C14H17F3N6. The monoisotopic (exact) mass is 326 g/mol. The highest BCUT2D eigenvalue weighted by Crippen LogP contribution is 2.41. The van der Waals surface area contributed by atoms with Gasteiger partial charge in [-0.1, -0.05) is 0 Å². The van der Waals surface area contributed by atoms with Crippen molar-refractivity contribution in [1.29, 1.82) is 0 Å². The van der Waals surface area contributed by atoms with Crippen molar-refractivity contribution in [1.82, 2.24) is 19.7 Å². The molecule has 0 aromatic carbocycles. The summed E-state index contributed by atoms with van der Waals surface area (Å²) >= 11 is 0. The van der Waals surface area contributed by atoms with E-state index in [2.05, 4.69) is 20.4 Å². The Bertz CT molecular complexity index is 733. The molecule has 0 spiro atoms. The van der Waals surface area contributed by atoms with Crippen molar-refractivity contribution < 1.29 is 13.2 Å². The third kappa shape index (κ3) is 2.95. The summed E-state index contributed by atoms with van der Waals surface area (Å²) in [5, 5.41) is 6.65. The Balaban J connectivity index is 2.15. The zero-order valence-electron chi connectivity index (χ0n) is 12.8. The minimum atomic E-state index is -4.60. The van der Waals surface area contributed by atoms with Gasteiger partial charge < -0.3 is 11.1 Å². The highest BCUT2D eigenvalue weighted by atomic mass is 19.4. The Hall–Kier alpha value is -2.32. The molecule has 6 nitrogen and oxygen atoms in total. The molecule has 3 N–H and O–H groups in total. The molecule has 1 saturated carbocycles. The van der Waals surface area contributed by atoms with Crippen LogP contribution in [0.5, 0.6) is 0 Å². The van der Waals surface area contributed by atoms with Gasteiger partial charge in [-0.3, -0.25) is 4.68 Å². The van der Waals surface area contributed by atoms with Crippen LogP contribution in [0, 0.1) is 12.8 Å². The van der Waals surface area contributed by atoms with E-state index in [0.717, 1.165) is 12.8 Å². The zero-order chi connectivity index (χ0) is 16.8. The summed E-state index contributed by atoms with van der Waals surface area (Å²) in [5.74, 6) is 0.00732. The Kier molecular flexibility index (Phi) is 3.65. The molecule has 1 aliphatic carbocycles. The number of nitrogen functional groups attached to an aromatic ring is 1. The number of rotatable bonds is 4. The Morgan fingerprint density at radius 1 is 1.35 bits per heavy atom. The molecule has 1 fully saturated rings. The molecule has 2 heterocycles. The van der Waals surface area contributed by atoms with E-state index in [1.165, 1.54) is 13.2 Å². The van der Waals surface area contributed by atoms with E-state index in [9.17, 15) is 13.2 Å². The zero-order valence-corrected chi connectivity index (χ0v) is 12.8. The molecule has 0 amide bonds. The summed E-state index contributed by atoms with van der Waals surface area (Å²) in [6.07, 6.45) is -0.930. The molecule has 0 aliphatic heterocycles. The van der Waals surface area contributed by atoms with Crippen LogP contribution in [0.25, 0.3) is 11.3 Å². The van der Waals surface area contributed by atoms with Gasteiger partial charge in [0.2, 0.25) is 5.95 Å². The van der Waals surface area contributed by atoms with E-state index in [4.69, 9.17) is 5.73 Å². The lowest BCUT2D eigenvalue weighted by atomic mass is 10.1. The predicted octanol–water partition coefficient (Wildman–Crippen LogP) is 2.70. The number of hydrogen-bond donors (Lipinski definition) is 2. The van der Waals surface area contributed by atoms with Gasteiger partial charge in [-0.05, 0) is 25.7 Å². The van der Waals surface area contributed by atoms with Crippen molar-refractivity contribution in [2.45, 2.75) is 32.5 Å². The number of hydrogen-bond acceptors (Lipinski definition) is 5. The van der Waals surface area contributed by atoms with Crippen LogP contribution in [-0.2, 0) is 12.7 Å². The van der Waals surface area contributed by atoms with Gasteiger partial charge in [0.15, 0.2) is 0 Å². The summed E-state index contributed by atoms with van der Waals surface area (Å²) in [6, 6.07) is 0. The van der Waals surface area contributed by atoms with Gasteiger partial charge in [0.1, 0.15) is 11.4 Å². The molecule has 0 unspecified atom stereocenters. The molecule has 3 rings (SSSR count). The normalized spacial score (nSPS) is 15.0. The van der Waals surface area contributed by atoms with E-state index in [1.807, 2.05) is 0 Å². The third-order valence-corrected chi connectivity index (χ3v) is 3.93. The predicted molar refractivity (Wildman–Crippen MR) is 79.7 cm³/mol. The number of halogens is 3. The Morgan fingerprint density at radius 3 is 2.61 bits per heavy atom. The van der Waals surface area contributed by atoms with Crippen LogP contribution in [0.4, 0.5) is 24.9 Å². The van der Waals surface area contributed by atoms with Crippen LogP contribution in [-0.4, -0.2) is 26.8 Å². The highest BCUT2D eigenvalue weighted by molar-refractivity contribution is 5.72. The van der Waals surface area contributed by atoms with Crippen molar-refractivity contribution in [2.75, 3.05) is 18.1 Å². The second-order valence-corrected chi connectivity index (χ2v) is 5.67. The van der Waals surface area contributed by atoms with E-state index in [0.29, 0.717) is 23.7 Å². The van der Waals surface area contributed by atoms with Crippen molar-refractivity contribution in [3.8, 4) is 11.3 Å². The standard InChI is InChI=1S/C14H17F3N6/c1-7-9(5-20-23(7)6-8-3-4-8)11-10(14(15,16)17)12(19-2)22-13(18)21-11/h5,8H,3-4,6H2,1-2H3,(H3,18,19,21,22). The minimum absolute atomic E-state index is 0.216. The van der Waals surface area contributed by atoms with Gasteiger partial charge >= 0.3 is 6.18 Å². The van der Waals surface area contributed by atoms with Crippen LogP contribution in [0.1, 0.15) is 24.1 Å². The fourth-order valence-corrected chi connectivity index (χ4v) is 2.53. The van der Waals surface area contributed by atoms with Gasteiger partial charge in [0, 0.05) is 24.8 Å². The Labute approximate surface area is 130 Å². The number of nitrogens with two attached hydrogens (primary N) is 1. The SMILES string of the molecule is CNc1nc(N)nc(-c2cnn(CC3CC3)c2C)c1C(F)(F)F. The number of nitrogens with zero attached hydrogens (tertiary/aromatic N) is 4. The molecule has 2 aromatic heterocycles. The molecule has 9 heteroatoms. The van der Waals surface area contributed by atoms with Crippen molar-refractivity contribution in [2.24, 2.45) is 5.92 Å². The molecule has 0 saturated heterocycles. The third-order valence-electron chi connectivity index (χ3n) is 3.93. The van der Waals surface area contributed by atoms with Crippen molar-refractivity contribution in [3.05, 3.63) is 17.5 Å². The fraction of sp³-hybridized carbons (Fsp3) is 0.500. The first kappa shape index (κ1) is 15.6. The van der Waals surface area contributed by atoms with Crippen molar-refractivity contribution >= 4 is 11.8 Å². The lowest BCUT2D eigenvalue weighted by molar-refractivity contribution is -0.136. The largest absolute Gasteiger partial charge is 0.422 e. The molecule has 0 radical (unpaired) electrons. The lowest BCUT2D eigenvalue weighted by Crippen LogP contribution is -2.15. The molecule has 1 aliphatic rings. The van der Waals surface area contributed by atoms with E-state index >= 15 is 0 Å². The maximum Gasteiger partial charge on any atom is 0.422 e. The van der Waals surface area contributed by atoms with Gasteiger partial charge in [0.05, 0.1) is 11.9 Å². The number of nitrogens with one attached hydrogen (secondary N) is 1. The summed E-state index contributed by atoms with van der Waals surface area (Å²) in [6.45, 7) is 2.45. The van der Waals surface area contributed by atoms with E-state index in [-0.39, 0.29) is 17.5 Å². The first-order valence-corrected chi connectivity index (χ1v) is 7.26. The fourth-order valence-electron chi connectivity index (χ4n) is 2.53. The summed E-state index contributed by atoms with van der Waals surface area (Å²) < 4.78 is 42.2. The molecule has 0 atom stereocenters. The van der Waals surface area contributed by atoms with Crippen LogP contribution in [0.15, 0.2) is 6.20 Å². The average Bonchev–Trinajstić information content (AvgIpc) is 3.20. The quantitative estimate of drug-likeness (QED) is 0.903. The summed E-state index contributed by atoms with van der Waals surface area (Å²) in [4.78, 5) is 7.49.